The summed E-state index contributed by atoms with van der Waals surface area (Å²) >= 11 is 0. The molecular formula is C9H15BrN2O2. The molecule has 0 aromatic carbocycles. The number of amides is 2. The van der Waals surface area contributed by atoms with Crippen LogP contribution in [0, 0.1) is 17.3 Å². The number of rotatable bonds is 2. The minimum Gasteiger partial charge on any atom is -0.369 e. The predicted molar refractivity (Wildman–Crippen MR) is 56.6 cm³/mol. The molecule has 0 aromatic rings. The first kappa shape index (κ1) is 11.5. The Kier molecular flexibility index (Phi) is 2.90. The third-order valence-corrected chi connectivity index (χ3v) is 3.72. The van der Waals surface area contributed by atoms with Gasteiger partial charge in [0.1, 0.15) is 0 Å². The Morgan fingerprint density at radius 2 is 1.93 bits per heavy atom. The van der Waals surface area contributed by atoms with Crippen LogP contribution < -0.4 is 11.5 Å². The second-order valence-corrected chi connectivity index (χ2v) is 4.32. The lowest BCUT2D eigenvalue weighted by molar-refractivity contribution is -0.137. The largest absolute Gasteiger partial charge is 0.369 e. The number of carbonyl (C=O) groups excluding carboxylic acids is 2. The van der Waals surface area contributed by atoms with Gasteiger partial charge in [-0.2, -0.15) is 0 Å². The molecule has 2 amide bonds. The van der Waals surface area contributed by atoms with Crippen molar-refractivity contribution in [3.8, 4) is 0 Å². The molecule has 0 heterocycles. The molecule has 2 aliphatic rings. The van der Waals surface area contributed by atoms with Crippen LogP contribution in [0.3, 0.4) is 0 Å². The van der Waals surface area contributed by atoms with Gasteiger partial charge in [-0.1, -0.05) is 0 Å². The summed E-state index contributed by atoms with van der Waals surface area (Å²) in [5.74, 6) is -0.508. The highest BCUT2D eigenvalue weighted by atomic mass is 79.9. The Morgan fingerprint density at radius 1 is 1.29 bits per heavy atom. The second kappa shape index (κ2) is 3.53. The van der Waals surface area contributed by atoms with Crippen molar-refractivity contribution in [1.82, 2.24) is 0 Å². The summed E-state index contributed by atoms with van der Waals surface area (Å²) in [7, 11) is 0. The van der Waals surface area contributed by atoms with Crippen molar-refractivity contribution in [2.75, 3.05) is 0 Å². The van der Waals surface area contributed by atoms with Gasteiger partial charge in [-0.3, -0.25) is 9.59 Å². The number of fused-ring (bicyclic) bond motifs is 2. The van der Waals surface area contributed by atoms with Gasteiger partial charge in [-0.25, -0.2) is 0 Å². The molecule has 2 saturated carbocycles. The maximum Gasteiger partial charge on any atom is 0.224 e. The van der Waals surface area contributed by atoms with E-state index in [2.05, 4.69) is 0 Å². The number of hydrogen-bond donors (Lipinski definition) is 2. The minimum atomic E-state index is -0.587. The molecule has 0 aromatic heterocycles. The van der Waals surface area contributed by atoms with Gasteiger partial charge in [0.2, 0.25) is 11.8 Å². The quantitative estimate of drug-likeness (QED) is 0.752. The van der Waals surface area contributed by atoms with Crippen molar-refractivity contribution in [2.45, 2.75) is 25.7 Å². The molecule has 0 spiro atoms. The molecule has 4 nitrogen and oxygen atoms in total. The SMILES string of the molecule is Br.NC(=O)C1CC2CCC1(C(N)=O)C2. The second-order valence-electron chi connectivity index (χ2n) is 4.32. The van der Waals surface area contributed by atoms with Crippen molar-refractivity contribution >= 4 is 28.8 Å². The van der Waals surface area contributed by atoms with Crippen molar-refractivity contribution in [3.63, 3.8) is 0 Å². The minimum absolute atomic E-state index is 0. The number of carbonyl (C=O) groups is 2. The predicted octanol–water partition coefficient (Wildman–Crippen LogP) is 0.341. The first-order valence-corrected chi connectivity index (χ1v) is 4.65. The Balaban J connectivity index is 0.000000980. The van der Waals surface area contributed by atoms with Gasteiger partial charge in [-0.05, 0) is 31.6 Å². The highest BCUT2D eigenvalue weighted by Crippen LogP contribution is 2.57. The normalized spacial score (nSPS) is 39.1. The van der Waals surface area contributed by atoms with E-state index in [1.165, 1.54) is 0 Å². The Morgan fingerprint density at radius 3 is 2.29 bits per heavy atom. The number of nitrogens with two attached hydrogens (primary N) is 2. The monoisotopic (exact) mass is 262 g/mol. The molecule has 0 radical (unpaired) electrons. The summed E-state index contributed by atoms with van der Waals surface area (Å²) < 4.78 is 0. The van der Waals surface area contributed by atoms with Crippen LogP contribution in [0.25, 0.3) is 0 Å². The van der Waals surface area contributed by atoms with E-state index in [-0.39, 0.29) is 34.7 Å². The molecule has 2 aliphatic carbocycles. The molecular weight excluding hydrogens is 248 g/mol. The molecule has 2 fully saturated rings. The van der Waals surface area contributed by atoms with Gasteiger partial charge in [0.15, 0.2) is 0 Å². The first-order chi connectivity index (χ1) is 6.06. The van der Waals surface area contributed by atoms with E-state index in [0.717, 1.165) is 25.7 Å². The highest BCUT2D eigenvalue weighted by Gasteiger charge is 2.57. The van der Waals surface area contributed by atoms with Crippen LogP contribution in [0.5, 0.6) is 0 Å². The van der Waals surface area contributed by atoms with Crippen LogP contribution in [0.1, 0.15) is 25.7 Å². The van der Waals surface area contributed by atoms with Gasteiger partial charge in [0.05, 0.1) is 11.3 Å². The third kappa shape index (κ3) is 1.34. The van der Waals surface area contributed by atoms with Crippen LogP contribution in [0.2, 0.25) is 0 Å². The van der Waals surface area contributed by atoms with Crippen molar-refractivity contribution < 1.29 is 9.59 Å². The third-order valence-electron chi connectivity index (χ3n) is 3.72. The van der Waals surface area contributed by atoms with Crippen LogP contribution in [0.4, 0.5) is 0 Å². The van der Waals surface area contributed by atoms with Crippen molar-refractivity contribution in [1.29, 1.82) is 0 Å². The Labute approximate surface area is 93.2 Å². The van der Waals surface area contributed by atoms with E-state index in [1.807, 2.05) is 0 Å². The summed E-state index contributed by atoms with van der Waals surface area (Å²) in [6.45, 7) is 0. The lowest BCUT2D eigenvalue weighted by Crippen LogP contribution is -2.44. The van der Waals surface area contributed by atoms with Gasteiger partial charge in [0, 0.05) is 0 Å². The number of halogens is 1. The lowest BCUT2D eigenvalue weighted by atomic mass is 9.74. The summed E-state index contributed by atoms with van der Waals surface area (Å²) in [6, 6.07) is 0. The van der Waals surface area contributed by atoms with Gasteiger partial charge in [-0.15, -0.1) is 17.0 Å². The fourth-order valence-corrected chi connectivity index (χ4v) is 3.04. The average molecular weight is 263 g/mol. The summed E-state index contributed by atoms with van der Waals surface area (Å²) in [4.78, 5) is 22.4. The Hall–Kier alpha value is -0.580. The van der Waals surface area contributed by atoms with E-state index in [9.17, 15) is 9.59 Å². The topological polar surface area (TPSA) is 86.2 Å². The lowest BCUT2D eigenvalue weighted by Gasteiger charge is -2.29. The van der Waals surface area contributed by atoms with Gasteiger partial charge in [0.25, 0.3) is 0 Å². The molecule has 14 heavy (non-hydrogen) atoms. The maximum absolute atomic E-state index is 11.3. The fraction of sp³-hybridized carbons (Fsp3) is 0.778. The molecule has 4 N–H and O–H groups in total. The molecule has 2 rings (SSSR count). The van der Waals surface area contributed by atoms with E-state index in [4.69, 9.17) is 11.5 Å². The molecule has 5 heteroatoms. The molecule has 0 aliphatic heterocycles. The zero-order chi connectivity index (χ0) is 9.64. The van der Waals surface area contributed by atoms with Crippen LogP contribution in [-0.2, 0) is 9.59 Å². The summed E-state index contributed by atoms with van der Waals surface area (Å²) in [5, 5.41) is 0. The van der Waals surface area contributed by atoms with Gasteiger partial charge < -0.3 is 11.5 Å². The zero-order valence-corrected chi connectivity index (χ0v) is 9.58. The molecule has 2 bridgehead atoms. The molecule has 3 unspecified atom stereocenters. The number of primary amides is 2. The highest BCUT2D eigenvalue weighted by molar-refractivity contribution is 8.93. The summed E-state index contributed by atoms with van der Waals surface area (Å²) in [5.41, 5.74) is 10.0. The molecule has 3 atom stereocenters. The van der Waals surface area contributed by atoms with E-state index < -0.39 is 5.41 Å². The van der Waals surface area contributed by atoms with E-state index in [1.54, 1.807) is 0 Å². The van der Waals surface area contributed by atoms with Crippen LogP contribution in [-0.4, -0.2) is 11.8 Å². The zero-order valence-electron chi connectivity index (χ0n) is 7.86. The Bertz CT molecular complexity index is 282. The van der Waals surface area contributed by atoms with E-state index >= 15 is 0 Å². The number of hydrogen-bond acceptors (Lipinski definition) is 2. The standard InChI is InChI=1S/C9H14N2O2.BrH/c10-7(12)6-3-5-1-2-9(6,4-5)8(11)13;/h5-6H,1-4H2,(H2,10,12)(H2,11,13);1H. The van der Waals surface area contributed by atoms with Crippen molar-refractivity contribution in [2.24, 2.45) is 28.7 Å². The molecule has 0 saturated heterocycles. The average Bonchev–Trinajstić information content (AvgIpc) is 2.60. The fourth-order valence-electron chi connectivity index (χ4n) is 3.04. The molecule has 80 valence electrons. The summed E-state index contributed by atoms with van der Waals surface area (Å²) in [6.07, 6.45) is 3.31. The van der Waals surface area contributed by atoms with Crippen LogP contribution >= 0.6 is 17.0 Å². The van der Waals surface area contributed by atoms with Crippen LogP contribution in [0.15, 0.2) is 0 Å². The van der Waals surface area contributed by atoms with E-state index in [0.29, 0.717) is 5.92 Å². The maximum atomic E-state index is 11.3. The smallest absolute Gasteiger partial charge is 0.224 e. The van der Waals surface area contributed by atoms with Gasteiger partial charge >= 0.3 is 0 Å². The van der Waals surface area contributed by atoms with Crippen molar-refractivity contribution in [3.05, 3.63) is 0 Å². The first-order valence-electron chi connectivity index (χ1n) is 4.65.